The average molecular weight is 378 g/mol. The molecule has 0 unspecified atom stereocenters. The minimum Gasteiger partial charge on any atom is -0.298 e. The second-order valence-electron chi connectivity index (χ2n) is 5.93. The maximum absolute atomic E-state index is 13.2. The molecule has 27 heavy (non-hydrogen) atoms. The summed E-state index contributed by atoms with van der Waals surface area (Å²) < 4.78 is 14.9. The smallest absolute Gasteiger partial charge is 0.257 e. The molecule has 7 heteroatoms. The van der Waals surface area contributed by atoms with Crippen LogP contribution >= 0.6 is 11.3 Å². The van der Waals surface area contributed by atoms with Crippen LogP contribution in [0.2, 0.25) is 0 Å². The summed E-state index contributed by atoms with van der Waals surface area (Å²) in [5, 5.41) is 9.66. The quantitative estimate of drug-likeness (QED) is 0.564. The van der Waals surface area contributed by atoms with Gasteiger partial charge in [-0.15, -0.1) is 11.3 Å². The largest absolute Gasteiger partial charge is 0.298 e. The molecule has 0 atom stereocenters. The number of carbonyl (C=O) groups excluding carboxylic acids is 1. The van der Waals surface area contributed by atoms with Crippen LogP contribution in [-0.4, -0.2) is 20.7 Å². The van der Waals surface area contributed by atoms with Gasteiger partial charge in [-0.3, -0.25) is 14.8 Å². The molecule has 0 fully saturated rings. The van der Waals surface area contributed by atoms with Crippen molar-refractivity contribution in [3.8, 4) is 22.5 Å². The normalized spacial score (nSPS) is 10.7. The van der Waals surface area contributed by atoms with Crippen molar-refractivity contribution in [3.63, 3.8) is 0 Å². The van der Waals surface area contributed by atoms with E-state index in [-0.39, 0.29) is 11.7 Å². The van der Waals surface area contributed by atoms with E-state index in [2.05, 4.69) is 15.4 Å². The van der Waals surface area contributed by atoms with Crippen LogP contribution in [0, 0.1) is 5.82 Å². The molecule has 0 aliphatic rings. The predicted octanol–water partition coefficient (Wildman–Crippen LogP) is 4.60. The van der Waals surface area contributed by atoms with Gasteiger partial charge in [0.05, 0.1) is 5.69 Å². The van der Waals surface area contributed by atoms with Gasteiger partial charge < -0.3 is 0 Å². The lowest BCUT2D eigenvalue weighted by atomic mass is 10.1. The highest BCUT2D eigenvalue weighted by Crippen LogP contribution is 2.33. The summed E-state index contributed by atoms with van der Waals surface area (Å²) in [6.45, 7) is 0. The van der Waals surface area contributed by atoms with Gasteiger partial charge >= 0.3 is 0 Å². The maximum Gasteiger partial charge on any atom is 0.257 e. The van der Waals surface area contributed by atoms with E-state index in [1.165, 1.54) is 23.5 Å². The first kappa shape index (κ1) is 17.1. The van der Waals surface area contributed by atoms with Crippen LogP contribution in [0.3, 0.4) is 0 Å². The Labute approximate surface area is 159 Å². The standard InChI is InChI=1S/C20H15FN4OS/c1-25-11-16(18(24-25)13-7-9-15(21)10-8-13)17-12-27-20(22-17)23-19(26)14-5-3-2-4-6-14/h2-12H,1H3,(H,22,23,26). The highest BCUT2D eigenvalue weighted by molar-refractivity contribution is 7.14. The number of rotatable bonds is 4. The van der Waals surface area contributed by atoms with Gasteiger partial charge in [-0.2, -0.15) is 5.10 Å². The number of hydrogen-bond donors (Lipinski definition) is 1. The van der Waals surface area contributed by atoms with Gasteiger partial charge in [0.2, 0.25) is 0 Å². The van der Waals surface area contributed by atoms with Gasteiger partial charge in [-0.25, -0.2) is 9.37 Å². The zero-order valence-electron chi connectivity index (χ0n) is 14.4. The fourth-order valence-corrected chi connectivity index (χ4v) is 3.42. The third-order valence-electron chi connectivity index (χ3n) is 3.98. The van der Waals surface area contributed by atoms with E-state index in [9.17, 15) is 9.18 Å². The van der Waals surface area contributed by atoms with Crippen molar-refractivity contribution in [3.05, 3.63) is 77.6 Å². The molecule has 134 valence electrons. The molecule has 5 nitrogen and oxygen atoms in total. The molecular weight excluding hydrogens is 363 g/mol. The first-order valence-electron chi connectivity index (χ1n) is 8.22. The molecule has 2 aromatic heterocycles. The SMILES string of the molecule is Cn1cc(-c2csc(NC(=O)c3ccccc3)n2)c(-c2ccc(F)cc2)n1. The number of amides is 1. The van der Waals surface area contributed by atoms with E-state index in [0.717, 1.165) is 11.1 Å². The summed E-state index contributed by atoms with van der Waals surface area (Å²) >= 11 is 1.34. The second-order valence-corrected chi connectivity index (χ2v) is 6.79. The Morgan fingerprint density at radius 3 is 2.59 bits per heavy atom. The molecule has 0 bridgehead atoms. The summed E-state index contributed by atoms with van der Waals surface area (Å²) in [6, 6.07) is 15.2. The van der Waals surface area contributed by atoms with Crippen LogP contribution in [0.4, 0.5) is 9.52 Å². The van der Waals surface area contributed by atoms with Crippen LogP contribution in [0.15, 0.2) is 66.2 Å². The van der Waals surface area contributed by atoms with E-state index < -0.39 is 0 Å². The number of benzene rings is 2. The molecule has 0 aliphatic heterocycles. The number of aromatic nitrogens is 3. The van der Waals surface area contributed by atoms with Gasteiger partial charge in [-0.05, 0) is 36.4 Å². The van der Waals surface area contributed by atoms with Gasteiger partial charge in [-0.1, -0.05) is 18.2 Å². The summed E-state index contributed by atoms with van der Waals surface area (Å²) in [6.07, 6.45) is 1.86. The maximum atomic E-state index is 13.2. The van der Waals surface area contributed by atoms with Crippen LogP contribution < -0.4 is 5.32 Å². The topological polar surface area (TPSA) is 59.8 Å². The summed E-state index contributed by atoms with van der Waals surface area (Å²) in [5.74, 6) is -0.503. The minimum absolute atomic E-state index is 0.207. The van der Waals surface area contributed by atoms with Gasteiger partial charge in [0.15, 0.2) is 5.13 Å². The number of hydrogen-bond acceptors (Lipinski definition) is 4. The number of nitrogens with zero attached hydrogens (tertiary/aromatic N) is 3. The Kier molecular flexibility index (Phi) is 4.52. The molecule has 4 rings (SSSR count). The van der Waals surface area contributed by atoms with Gasteiger partial charge in [0, 0.05) is 35.3 Å². The Hall–Kier alpha value is -3.32. The molecule has 1 N–H and O–H groups in total. The molecule has 2 heterocycles. The Balaban J connectivity index is 1.62. The van der Waals surface area contributed by atoms with Crippen molar-refractivity contribution >= 4 is 22.4 Å². The Morgan fingerprint density at radius 1 is 1.11 bits per heavy atom. The molecule has 2 aromatic carbocycles. The minimum atomic E-state index is -0.296. The number of anilines is 1. The Morgan fingerprint density at radius 2 is 1.85 bits per heavy atom. The fourth-order valence-electron chi connectivity index (χ4n) is 2.71. The lowest BCUT2D eigenvalue weighted by Gasteiger charge is -2.01. The monoisotopic (exact) mass is 378 g/mol. The third-order valence-corrected chi connectivity index (χ3v) is 4.74. The third kappa shape index (κ3) is 3.63. The van der Waals surface area contributed by atoms with Crippen LogP contribution in [-0.2, 0) is 7.05 Å². The molecule has 0 aliphatic carbocycles. The van der Waals surface area contributed by atoms with E-state index in [1.54, 1.807) is 28.9 Å². The second kappa shape index (κ2) is 7.13. The number of carbonyl (C=O) groups is 1. The molecule has 0 saturated heterocycles. The predicted molar refractivity (Wildman–Crippen MR) is 104 cm³/mol. The lowest BCUT2D eigenvalue weighted by molar-refractivity contribution is 0.102. The summed E-state index contributed by atoms with van der Waals surface area (Å²) in [7, 11) is 1.82. The molecule has 0 saturated carbocycles. The number of halogens is 1. The molecule has 0 radical (unpaired) electrons. The molecular formula is C20H15FN4OS. The highest BCUT2D eigenvalue weighted by Gasteiger charge is 2.16. The lowest BCUT2D eigenvalue weighted by Crippen LogP contribution is -2.11. The van der Waals surface area contributed by atoms with Crippen molar-refractivity contribution in [1.82, 2.24) is 14.8 Å². The van der Waals surface area contributed by atoms with Crippen LogP contribution in [0.25, 0.3) is 22.5 Å². The van der Waals surface area contributed by atoms with E-state index >= 15 is 0 Å². The van der Waals surface area contributed by atoms with E-state index in [1.807, 2.05) is 36.8 Å². The molecule has 1 amide bonds. The Bertz CT molecular complexity index is 1090. The average Bonchev–Trinajstić information content (AvgIpc) is 3.29. The summed E-state index contributed by atoms with van der Waals surface area (Å²) in [5.41, 5.74) is 3.61. The summed E-state index contributed by atoms with van der Waals surface area (Å²) in [4.78, 5) is 16.8. The van der Waals surface area contributed by atoms with E-state index in [0.29, 0.717) is 22.1 Å². The first-order valence-corrected chi connectivity index (χ1v) is 9.10. The highest BCUT2D eigenvalue weighted by atomic mass is 32.1. The van der Waals surface area contributed by atoms with Gasteiger partial charge in [0.25, 0.3) is 5.91 Å². The zero-order valence-corrected chi connectivity index (χ0v) is 15.2. The van der Waals surface area contributed by atoms with Crippen LogP contribution in [0.5, 0.6) is 0 Å². The number of thiazole rings is 1. The van der Waals surface area contributed by atoms with Gasteiger partial charge in [0.1, 0.15) is 11.5 Å². The van der Waals surface area contributed by atoms with Crippen molar-refractivity contribution in [1.29, 1.82) is 0 Å². The van der Waals surface area contributed by atoms with Crippen molar-refractivity contribution in [2.45, 2.75) is 0 Å². The molecule has 4 aromatic rings. The van der Waals surface area contributed by atoms with Crippen molar-refractivity contribution in [2.75, 3.05) is 5.32 Å². The van der Waals surface area contributed by atoms with E-state index in [4.69, 9.17) is 0 Å². The zero-order chi connectivity index (χ0) is 18.8. The fraction of sp³-hybridized carbons (Fsp3) is 0.0500. The van der Waals surface area contributed by atoms with Crippen molar-refractivity contribution < 1.29 is 9.18 Å². The van der Waals surface area contributed by atoms with Crippen molar-refractivity contribution in [2.24, 2.45) is 7.05 Å². The first-order chi connectivity index (χ1) is 13.1. The number of nitrogens with one attached hydrogen (secondary N) is 1. The van der Waals surface area contributed by atoms with Crippen LogP contribution in [0.1, 0.15) is 10.4 Å². The number of aryl methyl sites for hydroxylation is 1. The molecule has 0 spiro atoms.